The van der Waals surface area contributed by atoms with Gasteiger partial charge >= 0.3 is 37.7 Å². The summed E-state index contributed by atoms with van der Waals surface area (Å²) in [6, 6.07) is 0. The van der Waals surface area contributed by atoms with Gasteiger partial charge in [-0.15, -0.1) is 0 Å². The molecular weight excluding hydrogens is 135 g/mol. The molecule has 0 aromatic heterocycles. The van der Waals surface area contributed by atoms with E-state index in [-0.39, 0.29) is 37.7 Å². The quantitative estimate of drug-likeness (QED) is 0.280. The van der Waals surface area contributed by atoms with Crippen LogP contribution in [0.1, 0.15) is 0 Å². The molecule has 6 heavy (non-hydrogen) atoms. The molecule has 0 aliphatic heterocycles. The van der Waals surface area contributed by atoms with E-state index < -0.39 is 9.14 Å². The van der Waals surface area contributed by atoms with Crippen LogP contribution in [0.5, 0.6) is 0 Å². The predicted molar refractivity (Wildman–Crippen MR) is 14.8 cm³/mol. The summed E-state index contributed by atoms with van der Waals surface area (Å²) in [5, 5.41) is 0. The topological polar surface area (TPSA) is 66.3 Å². The molecule has 0 saturated heterocycles. The van der Waals surface area contributed by atoms with Gasteiger partial charge in [0.05, 0.1) is 0 Å². The Hall–Kier alpha value is 1.29. The summed E-state index contributed by atoms with van der Waals surface area (Å²) in [6.07, 6.45) is 0. The fourth-order valence-corrected chi connectivity index (χ4v) is 0. The Labute approximate surface area is 65.0 Å². The first-order valence-electron chi connectivity index (χ1n) is 0.821. The Morgan fingerprint density at radius 1 is 1.50 bits per heavy atom. The summed E-state index contributed by atoms with van der Waals surface area (Å²) >= 11 is 0. The van der Waals surface area contributed by atoms with E-state index in [2.05, 4.69) is 0 Å². The van der Waals surface area contributed by atoms with Crippen LogP contribution < -0.4 is 9.59 Å². The molecule has 0 rings (SSSR count). The molecule has 0 aromatic carbocycles. The molecule has 0 radical (unpaired) electrons. The maximum Gasteiger partial charge on any atom is 2.00 e. The number of hydrogen-bond acceptors (Lipinski definition) is 3. The smallest absolute Gasteiger partial charge is 0.825 e. The third kappa shape index (κ3) is 58.7. The van der Waals surface area contributed by atoms with Crippen molar-refractivity contribution < 1.29 is 18.5 Å². The van der Waals surface area contributed by atoms with E-state index in [1.54, 1.807) is 0 Å². The summed E-state index contributed by atoms with van der Waals surface area (Å²) in [5.74, 6) is 0. The van der Waals surface area contributed by atoms with Gasteiger partial charge < -0.3 is 18.5 Å². The van der Waals surface area contributed by atoms with Crippen molar-refractivity contribution >= 4 is 46.9 Å². The Morgan fingerprint density at radius 2 is 1.50 bits per heavy atom. The summed E-state index contributed by atoms with van der Waals surface area (Å²) in [7, 11) is -5.61. The van der Waals surface area contributed by atoms with Gasteiger partial charge in [-0.05, 0) is 0 Å². The minimum atomic E-state index is -5.61. The van der Waals surface area contributed by atoms with E-state index in [1.807, 2.05) is 0 Å². The maximum atomic E-state index is 10.3. The first-order chi connectivity index (χ1) is 2.00. The van der Waals surface area contributed by atoms with E-state index in [0.29, 0.717) is 0 Å². The van der Waals surface area contributed by atoms with Gasteiger partial charge in [-0.2, -0.15) is 0 Å². The zero-order valence-electron chi connectivity index (χ0n) is 2.85. The van der Waals surface area contributed by atoms with Crippen LogP contribution in [-0.2, 0) is 0 Å². The van der Waals surface area contributed by atoms with Gasteiger partial charge in [-0.3, -0.25) is 0 Å². The third-order valence-corrected chi connectivity index (χ3v) is 0. The van der Waals surface area contributed by atoms with Crippen molar-refractivity contribution in [2.24, 2.45) is 0 Å². The maximum absolute atomic E-state index is 10.3. The van der Waals surface area contributed by atoms with Crippen molar-refractivity contribution in [3.63, 3.8) is 0 Å². The molecule has 0 fully saturated rings. The molecule has 0 bridgehead atoms. The van der Waals surface area contributed by atoms with Crippen LogP contribution >= 0.6 is 0 Å². The Morgan fingerprint density at radius 3 is 1.50 bits per heavy atom. The molecule has 32 valence electrons. The first kappa shape index (κ1) is 10.3. The zero-order chi connectivity index (χ0) is 4.50. The van der Waals surface area contributed by atoms with Gasteiger partial charge in [-0.25, -0.2) is 0 Å². The van der Waals surface area contributed by atoms with Crippen LogP contribution in [0, 0.1) is 0 Å². The molecular formula is HCaFO3Si. The monoisotopic (exact) mass is 136 g/mol. The standard InChI is InChI=1S/Ca.FHO3Si/c;1-5(2,3)4/h;2H/q+2;-2. The van der Waals surface area contributed by atoms with E-state index in [0.717, 1.165) is 0 Å². The van der Waals surface area contributed by atoms with Crippen molar-refractivity contribution in [1.29, 1.82) is 0 Å². The SMILES string of the molecule is [Ca+2].[O-][Si]([O-])(O)F. The second-order valence-electron chi connectivity index (χ2n) is 0.505. The van der Waals surface area contributed by atoms with Crippen LogP contribution in [0.15, 0.2) is 0 Å². The molecule has 0 spiro atoms. The van der Waals surface area contributed by atoms with Crippen LogP contribution in [0.4, 0.5) is 4.11 Å². The Balaban J connectivity index is 0. The number of halogens is 1. The predicted octanol–water partition coefficient (Wildman–Crippen LogP) is -3.28. The summed E-state index contributed by atoms with van der Waals surface area (Å²) in [4.78, 5) is 24.0. The van der Waals surface area contributed by atoms with Crippen LogP contribution in [0.3, 0.4) is 0 Å². The van der Waals surface area contributed by atoms with Gasteiger partial charge in [0.1, 0.15) is 0 Å². The van der Waals surface area contributed by atoms with Gasteiger partial charge in [0.25, 0.3) is 0 Å². The van der Waals surface area contributed by atoms with Crippen molar-refractivity contribution in [3.05, 3.63) is 0 Å². The summed E-state index contributed by atoms with van der Waals surface area (Å²) in [6.45, 7) is 0. The molecule has 3 nitrogen and oxygen atoms in total. The minimum Gasteiger partial charge on any atom is -0.825 e. The molecule has 1 N–H and O–H groups in total. The molecule has 6 heteroatoms. The second-order valence-corrected chi connectivity index (χ2v) is 1.51. The minimum absolute atomic E-state index is 0. The van der Waals surface area contributed by atoms with E-state index in [4.69, 9.17) is 14.4 Å². The normalized spacial score (nSPS) is 10.0. The molecule has 0 amide bonds. The Kier molecular flexibility index (Phi) is 5.68. The average Bonchev–Trinajstić information content (AvgIpc) is 0.722. The van der Waals surface area contributed by atoms with Crippen molar-refractivity contribution in [2.75, 3.05) is 0 Å². The fraction of sp³-hybridized carbons (Fsp3) is 0. The average molecular weight is 136 g/mol. The number of hydrogen-bond donors (Lipinski definition) is 1. The largest absolute Gasteiger partial charge is 2.00 e. The molecule has 0 aromatic rings. The fourth-order valence-electron chi connectivity index (χ4n) is 0. The first-order valence-corrected chi connectivity index (χ1v) is 2.46. The van der Waals surface area contributed by atoms with Gasteiger partial charge in [0.15, 0.2) is 0 Å². The van der Waals surface area contributed by atoms with E-state index >= 15 is 0 Å². The molecule has 0 aliphatic carbocycles. The number of rotatable bonds is 0. The van der Waals surface area contributed by atoms with Gasteiger partial charge in [0, 0.05) is 0 Å². The van der Waals surface area contributed by atoms with Gasteiger partial charge in [-0.1, -0.05) is 0 Å². The zero-order valence-corrected chi connectivity index (χ0v) is 6.06. The van der Waals surface area contributed by atoms with E-state index in [1.165, 1.54) is 0 Å². The molecule has 0 heterocycles. The van der Waals surface area contributed by atoms with Crippen LogP contribution in [0.25, 0.3) is 0 Å². The molecule has 0 unspecified atom stereocenters. The van der Waals surface area contributed by atoms with Gasteiger partial charge in [0.2, 0.25) is 9.14 Å². The third-order valence-electron chi connectivity index (χ3n) is 0. The summed E-state index contributed by atoms with van der Waals surface area (Å²) in [5.41, 5.74) is 0. The Bertz CT molecular complexity index is 26.3. The second kappa shape index (κ2) is 3.31. The summed E-state index contributed by atoms with van der Waals surface area (Å²) < 4.78 is 10.3. The van der Waals surface area contributed by atoms with Crippen LogP contribution in [-0.4, -0.2) is 51.7 Å². The van der Waals surface area contributed by atoms with Crippen molar-refractivity contribution in [3.8, 4) is 0 Å². The molecule has 0 saturated carbocycles. The van der Waals surface area contributed by atoms with E-state index in [9.17, 15) is 4.11 Å². The molecule has 0 atom stereocenters. The van der Waals surface area contributed by atoms with Crippen molar-refractivity contribution in [2.45, 2.75) is 0 Å². The van der Waals surface area contributed by atoms with Crippen LogP contribution in [0.2, 0.25) is 0 Å². The van der Waals surface area contributed by atoms with Crippen molar-refractivity contribution in [1.82, 2.24) is 0 Å². The molecule has 0 aliphatic rings.